The minimum atomic E-state index is -0.190. The SMILES string of the molecule is CC(=O)N(C)c1ccc(NCC(=O)Nc2ccc(C(=O)NC3CCCCC3)cc2)cc1. The van der Waals surface area contributed by atoms with Gasteiger partial charge in [-0.3, -0.25) is 14.4 Å². The second-order valence-electron chi connectivity index (χ2n) is 7.91. The van der Waals surface area contributed by atoms with Crippen molar-refractivity contribution in [3.63, 3.8) is 0 Å². The van der Waals surface area contributed by atoms with Gasteiger partial charge in [0.05, 0.1) is 6.54 Å². The molecule has 1 saturated carbocycles. The third-order valence-electron chi connectivity index (χ3n) is 5.55. The Hall–Kier alpha value is -3.35. The molecule has 0 heterocycles. The van der Waals surface area contributed by atoms with Crippen LogP contribution in [0.2, 0.25) is 0 Å². The van der Waals surface area contributed by atoms with Crippen LogP contribution in [-0.4, -0.2) is 37.4 Å². The number of amides is 3. The average molecular weight is 423 g/mol. The van der Waals surface area contributed by atoms with Gasteiger partial charge in [0.1, 0.15) is 0 Å². The number of nitrogens with one attached hydrogen (secondary N) is 3. The summed E-state index contributed by atoms with van der Waals surface area (Å²) in [5.41, 5.74) is 2.80. The Labute approximate surface area is 183 Å². The molecule has 3 amide bonds. The Kier molecular flexibility index (Phi) is 7.65. The summed E-state index contributed by atoms with van der Waals surface area (Å²) >= 11 is 0. The zero-order valence-corrected chi connectivity index (χ0v) is 18.1. The summed E-state index contributed by atoms with van der Waals surface area (Å²) in [5.74, 6) is -0.299. The lowest BCUT2D eigenvalue weighted by molar-refractivity contribution is -0.116. The first-order chi connectivity index (χ1) is 14.9. The lowest BCUT2D eigenvalue weighted by Gasteiger charge is -2.22. The molecule has 1 aliphatic carbocycles. The molecule has 164 valence electrons. The Balaban J connectivity index is 1.46. The van der Waals surface area contributed by atoms with E-state index in [2.05, 4.69) is 16.0 Å². The van der Waals surface area contributed by atoms with E-state index in [1.807, 2.05) is 24.3 Å². The molecule has 0 bridgehead atoms. The highest BCUT2D eigenvalue weighted by Gasteiger charge is 2.16. The first kappa shape index (κ1) is 22.3. The molecule has 2 aromatic rings. The molecule has 0 spiro atoms. The summed E-state index contributed by atoms with van der Waals surface area (Å²) in [6, 6.07) is 14.5. The second-order valence-corrected chi connectivity index (χ2v) is 7.91. The number of carbonyl (C=O) groups is 3. The van der Waals surface area contributed by atoms with Gasteiger partial charge in [0.15, 0.2) is 0 Å². The molecule has 0 aromatic heterocycles. The highest BCUT2D eigenvalue weighted by atomic mass is 16.2. The van der Waals surface area contributed by atoms with Gasteiger partial charge in [-0.05, 0) is 61.4 Å². The van der Waals surface area contributed by atoms with E-state index in [4.69, 9.17) is 0 Å². The molecule has 0 aliphatic heterocycles. The van der Waals surface area contributed by atoms with Crippen molar-refractivity contribution in [2.45, 2.75) is 45.1 Å². The first-order valence-corrected chi connectivity index (χ1v) is 10.7. The lowest BCUT2D eigenvalue weighted by Crippen LogP contribution is -2.36. The normalized spacial score (nSPS) is 13.9. The highest BCUT2D eigenvalue weighted by molar-refractivity contribution is 5.97. The van der Waals surface area contributed by atoms with Gasteiger partial charge >= 0.3 is 0 Å². The van der Waals surface area contributed by atoms with E-state index in [1.54, 1.807) is 36.2 Å². The van der Waals surface area contributed by atoms with Crippen molar-refractivity contribution < 1.29 is 14.4 Å². The summed E-state index contributed by atoms with van der Waals surface area (Å²) in [7, 11) is 1.71. The third kappa shape index (κ3) is 6.57. The number of hydrogen-bond donors (Lipinski definition) is 3. The fourth-order valence-electron chi connectivity index (χ4n) is 3.59. The van der Waals surface area contributed by atoms with Crippen molar-refractivity contribution in [2.75, 3.05) is 29.1 Å². The van der Waals surface area contributed by atoms with E-state index in [-0.39, 0.29) is 30.3 Å². The van der Waals surface area contributed by atoms with E-state index >= 15 is 0 Å². The fourth-order valence-corrected chi connectivity index (χ4v) is 3.59. The van der Waals surface area contributed by atoms with Crippen molar-refractivity contribution in [3.05, 3.63) is 54.1 Å². The molecule has 0 radical (unpaired) electrons. The largest absolute Gasteiger partial charge is 0.376 e. The molecular weight excluding hydrogens is 392 g/mol. The van der Waals surface area contributed by atoms with Gasteiger partial charge < -0.3 is 20.9 Å². The predicted molar refractivity (Wildman–Crippen MR) is 123 cm³/mol. The van der Waals surface area contributed by atoms with Crippen LogP contribution in [-0.2, 0) is 9.59 Å². The maximum absolute atomic E-state index is 12.4. The maximum Gasteiger partial charge on any atom is 0.251 e. The molecule has 31 heavy (non-hydrogen) atoms. The Bertz CT molecular complexity index is 903. The van der Waals surface area contributed by atoms with Crippen LogP contribution in [0.15, 0.2) is 48.5 Å². The summed E-state index contributed by atoms with van der Waals surface area (Å²) in [5, 5.41) is 8.97. The number of hydrogen-bond acceptors (Lipinski definition) is 4. The number of rotatable bonds is 7. The standard InChI is InChI=1S/C24H30N4O3/c1-17(29)28(2)22-14-12-19(13-15-22)25-16-23(30)26-21-10-8-18(9-11-21)24(31)27-20-6-4-3-5-7-20/h8-15,20,25H,3-7,16H2,1-2H3,(H,26,30)(H,27,31). The van der Waals surface area contributed by atoms with Crippen molar-refractivity contribution in [1.82, 2.24) is 5.32 Å². The van der Waals surface area contributed by atoms with Crippen LogP contribution >= 0.6 is 0 Å². The van der Waals surface area contributed by atoms with Gasteiger partial charge in [-0.15, -0.1) is 0 Å². The van der Waals surface area contributed by atoms with Gasteiger partial charge in [0, 0.05) is 42.6 Å². The number of nitrogens with zero attached hydrogens (tertiary/aromatic N) is 1. The summed E-state index contributed by atoms with van der Waals surface area (Å²) < 4.78 is 0. The fraction of sp³-hybridized carbons (Fsp3) is 0.375. The summed E-state index contributed by atoms with van der Waals surface area (Å²) in [6.45, 7) is 1.61. The van der Waals surface area contributed by atoms with E-state index < -0.39 is 0 Å². The Morgan fingerprint density at radius 2 is 1.52 bits per heavy atom. The van der Waals surface area contributed by atoms with Crippen LogP contribution in [0.5, 0.6) is 0 Å². The molecule has 0 atom stereocenters. The van der Waals surface area contributed by atoms with Crippen molar-refractivity contribution in [3.8, 4) is 0 Å². The van der Waals surface area contributed by atoms with Crippen molar-refractivity contribution in [2.24, 2.45) is 0 Å². The van der Waals surface area contributed by atoms with Crippen LogP contribution in [0.25, 0.3) is 0 Å². The van der Waals surface area contributed by atoms with Crippen LogP contribution in [0.1, 0.15) is 49.4 Å². The number of anilines is 3. The van der Waals surface area contributed by atoms with Crippen LogP contribution < -0.4 is 20.9 Å². The minimum absolute atomic E-state index is 0.0439. The highest BCUT2D eigenvalue weighted by Crippen LogP contribution is 2.19. The summed E-state index contributed by atoms with van der Waals surface area (Å²) in [4.78, 5) is 37.6. The number of carbonyl (C=O) groups excluding carboxylic acids is 3. The molecule has 7 heteroatoms. The number of benzene rings is 2. The molecule has 0 saturated heterocycles. The topological polar surface area (TPSA) is 90.5 Å². The molecule has 1 aliphatic rings. The van der Waals surface area contributed by atoms with Crippen LogP contribution in [0, 0.1) is 0 Å². The maximum atomic E-state index is 12.4. The van der Waals surface area contributed by atoms with Crippen molar-refractivity contribution in [1.29, 1.82) is 0 Å². The molecule has 3 rings (SSSR count). The minimum Gasteiger partial charge on any atom is -0.376 e. The molecule has 7 nitrogen and oxygen atoms in total. The summed E-state index contributed by atoms with van der Waals surface area (Å²) in [6.07, 6.45) is 5.68. The molecule has 3 N–H and O–H groups in total. The smallest absolute Gasteiger partial charge is 0.251 e. The molecule has 1 fully saturated rings. The van der Waals surface area contributed by atoms with Crippen LogP contribution in [0.3, 0.4) is 0 Å². The van der Waals surface area contributed by atoms with Crippen LogP contribution in [0.4, 0.5) is 17.1 Å². The predicted octanol–water partition coefficient (Wildman–Crippen LogP) is 3.78. The van der Waals surface area contributed by atoms with Crippen molar-refractivity contribution >= 4 is 34.8 Å². The zero-order valence-electron chi connectivity index (χ0n) is 18.1. The average Bonchev–Trinajstić information content (AvgIpc) is 2.78. The van der Waals surface area contributed by atoms with Gasteiger partial charge in [-0.25, -0.2) is 0 Å². The molecule has 0 unspecified atom stereocenters. The van der Waals surface area contributed by atoms with Gasteiger partial charge in [0.2, 0.25) is 11.8 Å². The van der Waals surface area contributed by atoms with Gasteiger partial charge in [0.25, 0.3) is 5.91 Å². The van der Waals surface area contributed by atoms with Gasteiger partial charge in [-0.1, -0.05) is 19.3 Å². The first-order valence-electron chi connectivity index (χ1n) is 10.7. The van der Waals surface area contributed by atoms with E-state index in [9.17, 15) is 14.4 Å². The van der Waals surface area contributed by atoms with E-state index in [1.165, 1.54) is 26.2 Å². The van der Waals surface area contributed by atoms with E-state index in [0.717, 1.165) is 24.2 Å². The molecule has 2 aromatic carbocycles. The third-order valence-corrected chi connectivity index (χ3v) is 5.55. The quantitative estimate of drug-likeness (QED) is 0.633. The lowest BCUT2D eigenvalue weighted by atomic mass is 9.95. The monoisotopic (exact) mass is 422 g/mol. The van der Waals surface area contributed by atoms with Gasteiger partial charge in [-0.2, -0.15) is 0 Å². The Morgan fingerprint density at radius 3 is 2.13 bits per heavy atom. The zero-order chi connectivity index (χ0) is 22.2. The van der Waals surface area contributed by atoms with E-state index in [0.29, 0.717) is 11.3 Å². The molecular formula is C24H30N4O3. The second kappa shape index (κ2) is 10.6. The Morgan fingerprint density at radius 1 is 0.903 bits per heavy atom.